The Hall–Kier alpha value is -4.35. The molecule has 1 saturated heterocycles. The molecule has 1 aromatic carbocycles. The van der Waals surface area contributed by atoms with Crippen LogP contribution in [0.15, 0.2) is 29.2 Å². The number of rotatable bonds is 7. The molecule has 1 aliphatic heterocycles. The summed E-state index contributed by atoms with van der Waals surface area (Å²) in [6.45, 7) is 7.49. The zero-order valence-corrected chi connectivity index (χ0v) is 23.3. The van der Waals surface area contributed by atoms with Crippen LogP contribution in [0.1, 0.15) is 48.7 Å². The fraction of sp³-hybridized carbons (Fsp3) is 0.429. The minimum atomic E-state index is -1.43. The Labute approximate surface area is 230 Å². The number of alkyl carbamates (subject to hydrolysis) is 1. The van der Waals surface area contributed by atoms with Crippen LogP contribution in [0.4, 0.5) is 15.0 Å². The van der Waals surface area contributed by atoms with Crippen molar-refractivity contribution in [3.63, 3.8) is 0 Å². The molecule has 3 heterocycles. The number of aromatic carboxylic acids is 1. The number of methoxy groups -OCH3 is 2. The first-order chi connectivity index (χ1) is 18.8. The highest BCUT2D eigenvalue weighted by Gasteiger charge is 2.30. The first-order valence-corrected chi connectivity index (χ1v) is 12.7. The molecule has 11 nitrogen and oxygen atoms in total. The number of benzene rings is 1. The zero-order valence-electron chi connectivity index (χ0n) is 23.3. The van der Waals surface area contributed by atoms with E-state index < -0.39 is 34.5 Å². The summed E-state index contributed by atoms with van der Waals surface area (Å²) >= 11 is 0. The second-order valence-electron chi connectivity index (χ2n) is 10.6. The van der Waals surface area contributed by atoms with E-state index in [-0.39, 0.29) is 41.5 Å². The van der Waals surface area contributed by atoms with Crippen molar-refractivity contribution in [2.24, 2.45) is 0 Å². The number of nitrogens with zero attached hydrogens (tertiary/aromatic N) is 3. The van der Waals surface area contributed by atoms with Gasteiger partial charge in [0.1, 0.15) is 28.3 Å². The topological polar surface area (TPSA) is 132 Å². The van der Waals surface area contributed by atoms with Gasteiger partial charge in [-0.2, -0.15) is 0 Å². The summed E-state index contributed by atoms with van der Waals surface area (Å²) in [6.07, 6.45) is 1.18. The van der Waals surface area contributed by atoms with E-state index in [0.717, 1.165) is 0 Å². The molecule has 0 unspecified atom stereocenters. The van der Waals surface area contributed by atoms with Gasteiger partial charge in [-0.1, -0.05) is 0 Å². The van der Waals surface area contributed by atoms with E-state index >= 15 is 4.39 Å². The Morgan fingerprint density at radius 1 is 1.23 bits per heavy atom. The van der Waals surface area contributed by atoms with Crippen LogP contribution in [0.25, 0.3) is 11.0 Å². The van der Waals surface area contributed by atoms with Gasteiger partial charge in [-0.15, -0.1) is 0 Å². The summed E-state index contributed by atoms with van der Waals surface area (Å²) < 4.78 is 33.3. The van der Waals surface area contributed by atoms with Gasteiger partial charge in [-0.25, -0.2) is 19.0 Å². The number of ether oxygens (including phenoxy) is 3. The fourth-order valence-corrected chi connectivity index (χ4v) is 4.73. The van der Waals surface area contributed by atoms with Gasteiger partial charge in [0, 0.05) is 36.5 Å². The quantitative estimate of drug-likeness (QED) is 0.447. The monoisotopic (exact) mass is 556 g/mol. The van der Waals surface area contributed by atoms with Crippen LogP contribution in [0.2, 0.25) is 0 Å². The molecule has 1 fully saturated rings. The van der Waals surface area contributed by atoms with Crippen molar-refractivity contribution in [1.82, 2.24) is 14.9 Å². The number of carbonyl (C=O) groups is 2. The fourth-order valence-electron chi connectivity index (χ4n) is 4.73. The Balaban J connectivity index is 1.78. The van der Waals surface area contributed by atoms with Gasteiger partial charge in [-0.3, -0.25) is 4.79 Å². The van der Waals surface area contributed by atoms with Crippen molar-refractivity contribution in [2.45, 2.75) is 52.3 Å². The van der Waals surface area contributed by atoms with Crippen LogP contribution in [-0.4, -0.2) is 65.7 Å². The molecule has 12 heteroatoms. The third-order valence-corrected chi connectivity index (χ3v) is 6.64. The highest BCUT2D eigenvalue weighted by molar-refractivity contribution is 5.93. The number of aryl methyl sites for hydroxylation is 1. The van der Waals surface area contributed by atoms with Crippen molar-refractivity contribution in [2.75, 3.05) is 32.2 Å². The number of halogens is 1. The Morgan fingerprint density at radius 2 is 1.95 bits per heavy atom. The van der Waals surface area contributed by atoms with Crippen LogP contribution in [0, 0.1) is 12.7 Å². The van der Waals surface area contributed by atoms with E-state index in [2.05, 4.69) is 10.3 Å². The molecule has 4 rings (SSSR count). The Morgan fingerprint density at radius 3 is 2.58 bits per heavy atom. The lowest BCUT2D eigenvalue weighted by molar-refractivity contribution is 0.0508. The van der Waals surface area contributed by atoms with Crippen molar-refractivity contribution < 1.29 is 33.3 Å². The average molecular weight is 557 g/mol. The lowest BCUT2D eigenvalue weighted by Gasteiger charge is -2.23. The smallest absolute Gasteiger partial charge is 0.407 e. The number of anilines is 1. The van der Waals surface area contributed by atoms with Gasteiger partial charge in [0.05, 0.1) is 32.2 Å². The number of pyridine rings is 2. The molecular weight excluding hydrogens is 523 g/mol. The minimum Gasteiger partial charge on any atom is -0.497 e. The second kappa shape index (κ2) is 11.0. The van der Waals surface area contributed by atoms with Gasteiger partial charge in [-0.05, 0) is 46.2 Å². The number of fused-ring (bicyclic) bond motifs is 1. The van der Waals surface area contributed by atoms with Crippen LogP contribution < -0.4 is 25.1 Å². The lowest BCUT2D eigenvalue weighted by Crippen LogP contribution is -2.40. The molecule has 2 N–H and O–H groups in total. The van der Waals surface area contributed by atoms with Gasteiger partial charge in [0.2, 0.25) is 5.43 Å². The standard InChI is InChI=1S/C28H33FN4O7/c1-15-21-23(34)19(26(35)36)14-33(12-16-7-8-18(38-5)11-20(16)39-6)24(21)31-25(22(15)29)32-10-9-17(13-32)30-27(37)40-28(2,3)4/h7-8,11,14,17H,9-10,12-13H2,1-6H3,(H,30,37)(H,35,36)/t17-/m1/s1. The summed E-state index contributed by atoms with van der Waals surface area (Å²) in [6, 6.07) is 4.87. The zero-order chi connectivity index (χ0) is 29.4. The van der Waals surface area contributed by atoms with Gasteiger partial charge in [0.15, 0.2) is 11.6 Å². The largest absolute Gasteiger partial charge is 0.497 e. The Kier molecular flexibility index (Phi) is 7.90. The predicted octanol–water partition coefficient (Wildman–Crippen LogP) is 3.71. The molecule has 0 aliphatic carbocycles. The number of hydrogen-bond acceptors (Lipinski definition) is 8. The summed E-state index contributed by atoms with van der Waals surface area (Å²) in [7, 11) is 3.02. The Bertz CT molecular complexity index is 1530. The van der Waals surface area contributed by atoms with Gasteiger partial charge >= 0.3 is 12.1 Å². The van der Waals surface area contributed by atoms with Gasteiger partial charge < -0.3 is 34.1 Å². The molecule has 1 aliphatic rings. The third kappa shape index (κ3) is 5.80. The van der Waals surface area contributed by atoms with E-state index in [0.29, 0.717) is 30.0 Å². The number of carbonyl (C=O) groups excluding carboxylic acids is 1. The second-order valence-corrected chi connectivity index (χ2v) is 10.6. The molecule has 2 aromatic heterocycles. The summed E-state index contributed by atoms with van der Waals surface area (Å²) in [5.74, 6) is -1.09. The maximum Gasteiger partial charge on any atom is 0.407 e. The SMILES string of the molecule is COc1ccc(Cn2cc(C(=O)O)c(=O)c3c(C)c(F)c(N4CC[C@@H](NC(=O)OC(C)(C)C)C4)nc32)c(OC)c1. The number of amides is 1. The number of hydrogen-bond donors (Lipinski definition) is 2. The predicted molar refractivity (Wildman–Crippen MR) is 146 cm³/mol. The van der Waals surface area contributed by atoms with Crippen LogP contribution in [0.5, 0.6) is 11.5 Å². The van der Waals surface area contributed by atoms with Gasteiger partial charge in [0.25, 0.3) is 0 Å². The normalized spacial score (nSPS) is 15.3. The molecule has 0 spiro atoms. The van der Waals surface area contributed by atoms with E-state index in [9.17, 15) is 19.5 Å². The van der Waals surface area contributed by atoms with Crippen LogP contribution in [-0.2, 0) is 11.3 Å². The highest BCUT2D eigenvalue weighted by atomic mass is 19.1. The first kappa shape index (κ1) is 28.7. The van der Waals surface area contributed by atoms with Crippen LogP contribution >= 0.6 is 0 Å². The molecule has 0 radical (unpaired) electrons. The molecule has 40 heavy (non-hydrogen) atoms. The molecule has 1 atom stereocenters. The lowest BCUT2D eigenvalue weighted by atomic mass is 10.1. The highest BCUT2D eigenvalue weighted by Crippen LogP contribution is 2.30. The van der Waals surface area contributed by atoms with Crippen molar-refractivity contribution >= 4 is 28.9 Å². The molecule has 0 saturated carbocycles. The van der Waals surface area contributed by atoms with E-state index in [1.807, 2.05) is 0 Å². The molecule has 214 valence electrons. The maximum atomic E-state index is 15.7. The average Bonchev–Trinajstić information content (AvgIpc) is 3.33. The van der Waals surface area contributed by atoms with Crippen molar-refractivity contribution in [1.29, 1.82) is 0 Å². The van der Waals surface area contributed by atoms with E-state index in [4.69, 9.17) is 14.2 Å². The van der Waals surface area contributed by atoms with Crippen molar-refractivity contribution in [3.8, 4) is 11.5 Å². The van der Waals surface area contributed by atoms with E-state index in [1.165, 1.54) is 31.9 Å². The molecular formula is C28H33FN4O7. The summed E-state index contributed by atoms with van der Waals surface area (Å²) in [5.41, 5.74) is -1.19. The number of aromatic nitrogens is 2. The summed E-state index contributed by atoms with van der Waals surface area (Å²) in [4.78, 5) is 43.6. The van der Waals surface area contributed by atoms with Crippen molar-refractivity contribution in [3.05, 3.63) is 57.1 Å². The number of carboxylic acid groups (broad SMARTS) is 1. The number of carboxylic acids is 1. The van der Waals surface area contributed by atoms with E-state index in [1.54, 1.807) is 43.9 Å². The minimum absolute atomic E-state index is 0.00732. The maximum absolute atomic E-state index is 15.7. The first-order valence-electron chi connectivity index (χ1n) is 12.7. The molecule has 1 amide bonds. The summed E-state index contributed by atoms with van der Waals surface area (Å²) in [5, 5.41) is 12.4. The third-order valence-electron chi connectivity index (χ3n) is 6.64. The molecule has 3 aromatic rings. The number of nitrogens with one attached hydrogen (secondary N) is 1. The van der Waals surface area contributed by atoms with Crippen LogP contribution in [0.3, 0.4) is 0 Å². The molecule has 0 bridgehead atoms.